The normalized spacial score (nSPS) is 10.7. The molecule has 0 aromatic rings. The van der Waals surface area contributed by atoms with Crippen LogP contribution in [-0.4, -0.2) is 210 Å². The van der Waals surface area contributed by atoms with E-state index in [1.807, 2.05) is 27.7 Å². The quantitative estimate of drug-likeness (QED) is 0.0320. The molecule has 0 unspecified atom stereocenters. The Morgan fingerprint density at radius 2 is 0.738 bits per heavy atom. The summed E-state index contributed by atoms with van der Waals surface area (Å²) in [6.45, 7) is 22.9. The van der Waals surface area contributed by atoms with Gasteiger partial charge >= 0.3 is 0 Å². The van der Waals surface area contributed by atoms with Crippen LogP contribution in [0, 0.1) is 0 Å². The summed E-state index contributed by atoms with van der Waals surface area (Å²) in [5.41, 5.74) is 20.8. The molecule has 0 aromatic carbocycles. The van der Waals surface area contributed by atoms with Gasteiger partial charge in [0, 0.05) is 58.3 Å². The van der Waals surface area contributed by atoms with E-state index in [1.54, 1.807) is 13.0 Å². The molecule has 0 aromatic heterocycles. The van der Waals surface area contributed by atoms with Crippen molar-refractivity contribution in [3.63, 3.8) is 0 Å². The van der Waals surface area contributed by atoms with Gasteiger partial charge in [0.15, 0.2) is 0 Å². The number of carbonyl (C=O) groups excluding carboxylic acids is 9. The smallest absolute Gasteiger partial charge is 0.234 e. The molecule has 0 radical (unpaired) electrons. The topological polar surface area (TPSA) is 352 Å². The van der Waals surface area contributed by atoms with Crippen LogP contribution in [0.25, 0.3) is 0 Å². The highest BCUT2D eigenvalue weighted by Crippen LogP contribution is 2.02. The average molecular weight is 1200 g/mol. The summed E-state index contributed by atoms with van der Waals surface area (Å²) in [5.74, 6) is -1.48. The Morgan fingerprint density at radius 3 is 1.02 bits per heavy atom. The van der Waals surface area contributed by atoms with Crippen LogP contribution < -0.4 is 43.4 Å². The number of Topliss-reactive ketones (excluding diaryl/α,β-unsaturated/α-hetero) is 3. The fourth-order valence-corrected chi connectivity index (χ4v) is 5.92. The Balaban J connectivity index is -0.00000123. The molecule has 0 aliphatic heterocycles. The minimum atomic E-state index is -0.566. The van der Waals surface area contributed by atoms with E-state index in [-0.39, 0.29) is 100 Å². The summed E-state index contributed by atoms with van der Waals surface area (Å²) in [6, 6.07) is -1.13. The van der Waals surface area contributed by atoms with E-state index in [0.717, 1.165) is 0 Å². The highest BCUT2D eigenvalue weighted by atomic mass is 16.6. The zero-order chi connectivity index (χ0) is 62.8. The standard InChI is InChI=1S/C45H84N8O16.C7H6.C4H8O.C2H6.CH4/c1-36(54)34-52-38(44(46)60)8-3-5-14-48-42(58)12-18-62-22-26-66-30-32-68-28-24-64-20-16-50-40(56)10-7-11-41(57)51-17-21-65-25-29-69-33-31-67-27-23-63-19-13-43(59)49-15-6-4-9-39(45(47)61)53-35-37(2)55;1-3-5-7-6-4-2;1-3-4(2)5;1-2;/h38-39,52-53H,3-35H2,1-2H3,(H2,46,60)(H2,47,61)(H,48,58)(H,49,59)(H,50,56)(H,51,57);4H,1H2,2H3;3H2,1-2H3;1-2H3;1H4/t38-,39-;;;;/m0..../s1. The Labute approximate surface area is 501 Å². The van der Waals surface area contributed by atoms with Crippen molar-refractivity contribution in [3.05, 3.63) is 35.6 Å². The third-order valence-corrected chi connectivity index (χ3v) is 10.4. The van der Waals surface area contributed by atoms with Crippen LogP contribution in [0.4, 0.5) is 0 Å². The zero-order valence-electron chi connectivity index (χ0n) is 51.1. The molecule has 0 bridgehead atoms. The third-order valence-electron chi connectivity index (χ3n) is 10.4. The number of unbranched alkanes of at least 4 members (excludes halogenated alkanes) is 2. The molecule has 0 rings (SSSR count). The van der Waals surface area contributed by atoms with E-state index in [2.05, 4.69) is 61.4 Å². The van der Waals surface area contributed by atoms with Crippen molar-refractivity contribution in [1.29, 1.82) is 0 Å². The molecule has 0 saturated heterocycles. The molecular weight excluding hydrogens is 1090 g/mol. The first-order valence-electron chi connectivity index (χ1n) is 28.8. The maximum Gasteiger partial charge on any atom is 0.234 e. The van der Waals surface area contributed by atoms with Crippen LogP contribution in [-0.2, 0) is 81.0 Å². The second kappa shape index (κ2) is 69.8. The van der Waals surface area contributed by atoms with Gasteiger partial charge in [0.25, 0.3) is 0 Å². The molecule has 2 atom stereocenters. The lowest BCUT2D eigenvalue weighted by molar-refractivity contribution is -0.124. The number of primary amides is 2. The molecule has 6 amide bonds. The van der Waals surface area contributed by atoms with Gasteiger partial charge in [0.05, 0.1) is 131 Å². The molecule has 0 fully saturated rings. The maximum absolute atomic E-state index is 12.0. The Kier molecular flexibility index (Phi) is 72.3. The minimum Gasteiger partial charge on any atom is -0.379 e. The minimum absolute atomic E-state index is 0. The number of ketones is 3. The van der Waals surface area contributed by atoms with Gasteiger partial charge in [0.2, 0.25) is 35.4 Å². The monoisotopic (exact) mass is 1200 g/mol. The summed E-state index contributed by atoms with van der Waals surface area (Å²) in [7, 11) is 0. The van der Waals surface area contributed by atoms with Crippen molar-refractivity contribution in [1.82, 2.24) is 31.9 Å². The lowest BCUT2D eigenvalue weighted by Gasteiger charge is -2.14. The summed E-state index contributed by atoms with van der Waals surface area (Å²) >= 11 is 0. The van der Waals surface area contributed by atoms with Crippen LogP contribution in [0.5, 0.6) is 0 Å². The lowest BCUT2D eigenvalue weighted by atomic mass is 10.1. The van der Waals surface area contributed by atoms with Gasteiger partial charge < -0.3 is 75.4 Å². The molecule has 10 N–H and O–H groups in total. The Bertz CT molecular complexity index is 1770. The molecular formula is C59H108N8O17. The number of amides is 6. The number of allylic oxidation sites excluding steroid dienone is 1. The van der Waals surface area contributed by atoms with E-state index in [1.165, 1.54) is 13.8 Å². The van der Waals surface area contributed by atoms with Crippen molar-refractivity contribution in [3.8, 4) is 0 Å². The van der Waals surface area contributed by atoms with E-state index < -0.39 is 23.9 Å². The van der Waals surface area contributed by atoms with Gasteiger partial charge in [-0.25, -0.2) is 0 Å². The number of nitrogens with one attached hydrogen (secondary N) is 6. The molecule has 0 spiro atoms. The number of carbonyl (C=O) groups is 9. The first-order valence-corrected chi connectivity index (χ1v) is 28.8. The van der Waals surface area contributed by atoms with Gasteiger partial charge in [-0.15, -0.1) is 0 Å². The zero-order valence-corrected chi connectivity index (χ0v) is 51.1. The van der Waals surface area contributed by atoms with Crippen molar-refractivity contribution < 1.29 is 81.0 Å². The fourth-order valence-electron chi connectivity index (χ4n) is 5.92. The average Bonchev–Trinajstić information content (AvgIpc) is 3.46. The number of hydrogen-bond donors (Lipinski definition) is 8. The summed E-state index contributed by atoms with van der Waals surface area (Å²) in [4.78, 5) is 103. The number of nitrogens with two attached hydrogens (primary N) is 2. The van der Waals surface area contributed by atoms with E-state index in [9.17, 15) is 43.2 Å². The van der Waals surface area contributed by atoms with Crippen molar-refractivity contribution in [2.45, 2.75) is 145 Å². The molecule has 25 heteroatoms. The summed E-state index contributed by atoms with van der Waals surface area (Å²) in [5, 5.41) is 16.8. The van der Waals surface area contributed by atoms with Gasteiger partial charge in [-0.1, -0.05) is 39.7 Å². The summed E-state index contributed by atoms with van der Waals surface area (Å²) < 4.78 is 43.6. The first kappa shape index (κ1) is 87.1. The number of rotatable bonds is 53. The Hall–Kier alpha value is -5.71. The second-order valence-corrected chi connectivity index (χ2v) is 17.6. The molecule has 84 heavy (non-hydrogen) atoms. The van der Waals surface area contributed by atoms with E-state index in [0.29, 0.717) is 170 Å². The van der Waals surface area contributed by atoms with Gasteiger partial charge in [0.1, 0.15) is 17.3 Å². The molecule has 0 aliphatic carbocycles. The fraction of sp³-hybridized carbons (Fsp3) is 0.746. The number of ether oxygens (including phenoxy) is 8. The van der Waals surface area contributed by atoms with E-state index >= 15 is 0 Å². The van der Waals surface area contributed by atoms with Crippen molar-refractivity contribution in [2.24, 2.45) is 11.5 Å². The lowest BCUT2D eigenvalue weighted by Crippen LogP contribution is -2.43. The van der Waals surface area contributed by atoms with Crippen LogP contribution >= 0.6 is 0 Å². The SMILES string of the molecule is C.C=C=C=C=C=CC.CC.CC(=O)CN[C@@H](CCCCNC(=O)CCOCCOCCOCCOCCNC(=O)CCCC(=O)NCCOCCOCCOCCOCCC(=O)NCCCC[C@H](NCC(C)=O)C(N)=O)C(N)=O.CCC(C)=O. The molecule has 0 saturated carbocycles. The van der Waals surface area contributed by atoms with Crippen LogP contribution in [0.2, 0.25) is 0 Å². The predicted molar refractivity (Wildman–Crippen MR) is 322 cm³/mol. The summed E-state index contributed by atoms with van der Waals surface area (Å²) in [6.07, 6.45) is 7.39. The van der Waals surface area contributed by atoms with Crippen LogP contribution in [0.1, 0.15) is 133 Å². The molecule has 0 heterocycles. The van der Waals surface area contributed by atoms with Crippen molar-refractivity contribution >= 4 is 52.8 Å². The largest absolute Gasteiger partial charge is 0.379 e. The highest BCUT2D eigenvalue weighted by Gasteiger charge is 2.16. The molecule has 486 valence electrons. The Morgan fingerprint density at radius 1 is 0.440 bits per heavy atom. The van der Waals surface area contributed by atoms with Crippen LogP contribution in [0.3, 0.4) is 0 Å². The highest BCUT2D eigenvalue weighted by molar-refractivity contribution is 5.83. The third kappa shape index (κ3) is 74.3. The van der Waals surface area contributed by atoms with Crippen molar-refractivity contribution in [2.75, 3.05) is 145 Å². The molecule has 0 aliphatic rings. The predicted octanol–water partition coefficient (Wildman–Crippen LogP) is 2.40. The van der Waals surface area contributed by atoms with Gasteiger partial charge in [-0.05, 0) is 96.8 Å². The van der Waals surface area contributed by atoms with E-state index in [4.69, 9.17) is 49.4 Å². The van der Waals surface area contributed by atoms with Gasteiger partial charge in [-0.3, -0.25) is 49.0 Å². The van der Waals surface area contributed by atoms with Crippen LogP contribution in [0.15, 0.2) is 35.6 Å². The van der Waals surface area contributed by atoms with Gasteiger partial charge in [-0.2, -0.15) is 0 Å². The maximum atomic E-state index is 12.0. The number of hydrogen-bond acceptors (Lipinski definition) is 19. The first-order chi connectivity index (χ1) is 40.0. The second-order valence-electron chi connectivity index (χ2n) is 17.6. The molecule has 25 nitrogen and oxygen atoms in total.